The van der Waals surface area contributed by atoms with Gasteiger partial charge in [-0.15, -0.1) is 11.3 Å². The van der Waals surface area contributed by atoms with Crippen molar-refractivity contribution in [3.63, 3.8) is 0 Å². The number of thiazole rings is 1. The molecule has 2 N–H and O–H groups in total. The third kappa shape index (κ3) is 5.82. The van der Waals surface area contributed by atoms with Crippen LogP contribution in [0, 0.1) is 13.8 Å². The van der Waals surface area contributed by atoms with E-state index in [1.54, 1.807) is 46.0 Å². The van der Waals surface area contributed by atoms with E-state index in [1.807, 2.05) is 6.92 Å². The highest BCUT2D eigenvalue weighted by molar-refractivity contribution is 7.13. The van der Waals surface area contributed by atoms with Crippen LogP contribution in [0.25, 0.3) is 0 Å². The molecule has 8 heteroatoms. The number of alkyl carbamates (subject to hydrolysis) is 1. The number of pyridine rings is 1. The van der Waals surface area contributed by atoms with E-state index in [-0.39, 0.29) is 12.5 Å². The summed E-state index contributed by atoms with van der Waals surface area (Å²) in [6.07, 6.45) is 1.12. The molecule has 0 spiro atoms. The molecule has 2 aromatic rings. The molecule has 0 atom stereocenters. The summed E-state index contributed by atoms with van der Waals surface area (Å²) in [5, 5.41) is 6.11. The van der Waals surface area contributed by atoms with E-state index in [0.717, 1.165) is 5.69 Å². The minimum absolute atomic E-state index is 0.210. The predicted molar refractivity (Wildman–Crippen MR) is 96.9 cm³/mol. The fourth-order valence-corrected chi connectivity index (χ4v) is 2.91. The molecule has 0 aliphatic heterocycles. The number of nitrogens with zero attached hydrogens (tertiary/aromatic N) is 2. The van der Waals surface area contributed by atoms with Gasteiger partial charge in [0.15, 0.2) is 0 Å². The molecule has 0 unspecified atom stereocenters. The maximum atomic E-state index is 12.4. The standard InChI is InChI=1S/C17H22N4O3S/c1-10-8-12(6-7-18-10)21-15(22)14-11(2)20-13(25-14)9-19-16(23)24-17(3,4)5/h6-8H,9H2,1-5H3,(H,19,23)(H,18,21,22). The molecule has 0 aromatic carbocycles. The summed E-state index contributed by atoms with van der Waals surface area (Å²) in [7, 11) is 0. The maximum Gasteiger partial charge on any atom is 0.408 e. The number of aromatic nitrogens is 2. The Labute approximate surface area is 150 Å². The lowest BCUT2D eigenvalue weighted by atomic mass is 10.2. The van der Waals surface area contributed by atoms with Crippen molar-refractivity contribution in [1.82, 2.24) is 15.3 Å². The molecular weight excluding hydrogens is 340 g/mol. The average Bonchev–Trinajstić information content (AvgIpc) is 2.84. The van der Waals surface area contributed by atoms with Crippen LogP contribution in [0.2, 0.25) is 0 Å². The number of anilines is 1. The number of aryl methyl sites for hydroxylation is 2. The molecular formula is C17H22N4O3S. The molecule has 0 saturated heterocycles. The number of carbonyl (C=O) groups excluding carboxylic acids is 2. The second-order valence-electron chi connectivity index (χ2n) is 6.52. The second-order valence-corrected chi connectivity index (χ2v) is 7.60. The van der Waals surface area contributed by atoms with E-state index in [1.165, 1.54) is 11.3 Å². The SMILES string of the molecule is Cc1cc(NC(=O)c2sc(CNC(=O)OC(C)(C)C)nc2C)ccn1. The molecule has 2 aromatic heterocycles. The Morgan fingerprint density at radius 3 is 2.64 bits per heavy atom. The van der Waals surface area contributed by atoms with Crippen molar-refractivity contribution in [3.8, 4) is 0 Å². The topological polar surface area (TPSA) is 93.2 Å². The normalized spacial score (nSPS) is 11.1. The lowest BCUT2D eigenvalue weighted by Crippen LogP contribution is -2.32. The van der Waals surface area contributed by atoms with Gasteiger partial charge in [0, 0.05) is 17.6 Å². The summed E-state index contributed by atoms with van der Waals surface area (Å²) in [5.41, 5.74) is 1.56. The summed E-state index contributed by atoms with van der Waals surface area (Å²) < 4.78 is 5.18. The Kier molecular flexibility index (Phi) is 5.73. The number of rotatable bonds is 4. The van der Waals surface area contributed by atoms with E-state index < -0.39 is 11.7 Å². The highest BCUT2D eigenvalue weighted by Gasteiger charge is 2.18. The molecule has 0 aliphatic carbocycles. The van der Waals surface area contributed by atoms with Crippen molar-refractivity contribution in [2.24, 2.45) is 0 Å². The number of carbonyl (C=O) groups is 2. The van der Waals surface area contributed by atoms with Gasteiger partial charge in [-0.3, -0.25) is 9.78 Å². The Balaban J connectivity index is 1.99. The lowest BCUT2D eigenvalue weighted by molar-refractivity contribution is 0.0523. The van der Waals surface area contributed by atoms with Crippen LogP contribution >= 0.6 is 11.3 Å². The largest absolute Gasteiger partial charge is 0.444 e. The van der Waals surface area contributed by atoms with Gasteiger partial charge < -0.3 is 15.4 Å². The van der Waals surface area contributed by atoms with Crippen LogP contribution in [0.15, 0.2) is 18.3 Å². The van der Waals surface area contributed by atoms with Gasteiger partial charge in [-0.1, -0.05) is 0 Å². The average molecular weight is 362 g/mol. The smallest absolute Gasteiger partial charge is 0.408 e. The van der Waals surface area contributed by atoms with E-state index in [4.69, 9.17) is 4.74 Å². The fraction of sp³-hybridized carbons (Fsp3) is 0.412. The van der Waals surface area contributed by atoms with Gasteiger partial charge in [-0.25, -0.2) is 9.78 Å². The van der Waals surface area contributed by atoms with E-state index >= 15 is 0 Å². The van der Waals surface area contributed by atoms with Crippen LogP contribution < -0.4 is 10.6 Å². The molecule has 0 radical (unpaired) electrons. The molecule has 25 heavy (non-hydrogen) atoms. The number of hydrogen-bond donors (Lipinski definition) is 2. The first-order chi connectivity index (χ1) is 11.6. The predicted octanol–water partition coefficient (Wildman–Crippen LogP) is 3.43. The number of nitrogens with one attached hydrogen (secondary N) is 2. The number of ether oxygens (including phenoxy) is 1. The number of hydrogen-bond acceptors (Lipinski definition) is 6. The molecule has 2 rings (SSSR count). The fourth-order valence-electron chi connectivity index (χ4n) is 2.01. The monoisotopic (exact) mass is 362 g/mol. The van der Waals surface area contributed by atoms with Gasteiger partial charge in [0.25, 0.3) is 5.91 Å². The summed E-state index contributed by atoms with van der Waals surface area (Å²) in [6, 6.07) is 3.52. The van der Waals surface area contributed by atoms with Gasteiger partial charge in [-0.2, -0.15) is 0 Å². The summed E-state index contributed by atoms with van der Waals surface area (Å²) in [5.74, 6) is -0.232. The minimum Gasteiger partial charge on any atom is -0.444 e. The Hall–Kier alpha value is -2.48. The molecule has 0 bridgehead atoms. The lowest BCUT2D eigenvalue weighted by Gasteiger charge is -2.19. The highest BCUT2D eigenvalue weighted by Crippen LogP contribution is 2.20. The molecule has 0 fully saturated rings. The Morgan fingerprint density at radius 2 is 2.00 bits per heavy atom. The Morgan fingerprint density at radius 1 is 1.28 bits per heavy atom. The van der Waals surface area contributed by atoms with Crippen molar-refractivity contribution < 1.29 is 14.3 Å². The molecule has 2 amide bonds. The summed E-state index contributed by atoms with van der Waals surface area (Å²) >= 11 is 1.24. The summed E-state index contributed by atoms with van der Waals surface area (Å²) in [6.45, 7) is 9.21. The quantitative estimate of drug-likeness (QED) is 0.869. The van der Waals surface area contributed by atoms with Crippen LogP contribution in [0.5, 0.6) is 0 Å². The molecule has 0 aliphatic rings. The van der Waals surface area contributed by atoms with Crippen molar-refractivity contribution in [2.45, 2.75) is 46.8 Å². The third-order valence-corrected chi connectivity index (χ3v) is 4.14. The van der Waals surface area contributed by atoms with Crippen LogP contribution in [0.4, 0.5) is 10.5 Å². The maximum absolute atomic E-state index is 12.4. The van der Waals surface area contributed by atoms with Crippen LogP contribution in [-0.2, 0) is 11.3 Å². The minimum atomic E-state index is -0.559. The van der Waals surface area contributed by atoms with Gasteiger partial charge in [-0.05, 0) is 46.8 Å². The van der Waals surface area contributed by atoms with E-state index in [9.17, 15) is 9.59 Å². The first kappa shape index (κ1) is 18.9. The first-order valence-electron chi connectivity index (χ1n) is 7.81. The van der Waals surface area contributed by atoms with E-state index in [0.29, 0.717) is 21.3 Å². The number of amides is 2. The molecule has 0 saturated carbocycles. The van der Waals surface area contributed by atoms with Crippen LogP contribution in [0.1, 0.15) is 46.8 Å². The van der Waals surface area contributed by atoms with Crippen LogP contribution in [-0.4, -0.2) is 27.6 Å². The van der Waals surface area contributed by atoms with E-state index in [2.05, 4.69) is 20.6 Å². The zero-order valence-electron chi connectivity index (χ0n) is 15.0. The van der Waals surface area contributed by atoms with Crippen molar-refractivity contribution >= 4 is 29.0 Å². The molecule has 7 nitrogen and oxygen atoms in total. The van der Waals surface area contributed by atoms with Crippen molar-refractivity contribution in [3.05, 3.63) is 39.6 Å². The zero-order chi connectivity index (χ0) is 18.6. The second kappa shape index (κ2) is 7.60. The van der Waals surface area contributed by atoms with Gasteiger partial charge >= 0.3 is 6.09 Å². The highest BCUT2D eigenvalue weighted by atomic mass is 32.1. The third-order valence-electron chi connectivity index (χ3n) is 2.98. The first-order valence-corrected chi connectivity index (χ1v) is 8.63. The Bertz CT molecular complexity index is 780. The summed E-state index contributed by atoms with van der Waals surface area (Å²) in [4.78, 5) is 33.0. The van der Waals surface area contributed by atoms with Crippen LogP contribution in [0.3, 0.4) is 0 Å². The van der Waals surface area contributed by atoms with Gasteiger partial charge in [0.05, 0.1) is 12.2 Å². The molecule has 134 valence electrons. The zero-order valence-corrected chi connectivity index (χ0v) is 15.8. The van der Waals surface area contributed by atoms with Gasteiger partial charge in [0.2, 0.25) is 0 Å². The van der Waals surface area contributed by atoms with Gasteiger partial charge in [0.1, 0.15) is 15.5 Å². The van der Waals surface area contributed by atoms with Crippen molar-refractivity contribution in [2.75, 3.05) is 5.32 Å². The van der Waals surface area contributed by atoms with Crippen molar-refractivity contribution in [1.29, 1.82) is 0 Å². The molecule has 2 heterocycles.